The van der Waals surface area contributed by atoms with Crippen molar-refractivity contribution in [2.75, 3.05) is 6.54 Å². The van der Waals surface area contributed by atoms with E-state index in [4.69, 9.17) is 5.11 Å². The number of carboxylic acid groups (broad SMARTS) is 1. The molecule has 19 heavy (non-hydrogen) atoms. The van der Waals surface area contributed by atoms with Gasteiger partial charge in [-0.15, -0.1) is 0 Å². The van der Waals surface area contributed by atoms with Crippen LogP contribution >= 0.6 is 0 Å². The van der Waals surface area contributed by atoms with Gasteiger partial charge in [-0.3, -0.25) is 9.59 Å². The second-order valence-electron chi connectivity index (χ2n) is 6.81. The Kier molecular flexibility index (Phi) is 7.72. The van der Waals surface area contributed by atoms with Crippen LogP contribution in [0.3, 0.4) is 0 Å². The van der Waals surface area contributed by atoms with Crippen molar-refractivity contribution in [3.63, 3.8) is 0 Å². The average molecular weight is 271 g/mol. The molecule has 0 saturated heterocycles. The summed E-state index contributed by atoms with van der Waals surface area (Å²) >= 11 is 0. The van der Waals surface area contributed by atoms with E-state index in [0.29, 0.717) is 31.7 Å². The highest BCUT2D eigenvalue weighted by Crippen LogP contribution is 2.25. The number of hydrogen-bond donors (Lipinski definition) is 2. The number of amides is 1. The van der Waals surface area contributed by atoms with Crippen molar-refractivity contribution < 1.29 is 14.7 Å². The standard InChI is InChI=1S/C15H29NO3/c1-11(10-15(3,4)5)9-13(17)16-8-6-7-12(2)14(18)19/h11-12H,6-10H2,1-5H3,(H,16,17)(H,18,19). The summed E-state index contributed by atoms with van der Waals surface area (Å²) in [5.41, 5.74) is 0.247. The summed E-state index contributed by atoms with van der Waals surface area (Å²) in [7, 11) is 0. The Morgan fingerprint density at radius 3 is 2.26 bits per heavy atom. The first kappa shape index (κ1) is 17.9. The number of nitrogens with one attached hydrogen (secondary N) is 1. The first-order valence-corrected chi connectivity index (χ1v) is 7.11. The van der Waals surface area contributed by atoms with Gasteiger partial charge in [0.25, 0.3) is 0 Å². The van der Waals surface area contributed by atoms with Crippen LogP contribution in [0.4, 0.5) is 0 Å². The molecule has 4 heteroatoms. The Labute approximate surface area is 117 Å². The summed E-state index contributed by atoms with van der Waals surface area (Å²) in [5.74, 6) is -0.667. The van der Waals surface area contributed by atoms with Gasteiger partial charge in [-0.2, -0.15) is 0 Å². The lowest BCUT2D eigenvalue weighted by molar-refractivity contribution is -0.141. The summed E-state index contributed by atoms with van der Waals surface area (Å²) in [6.07, 6.45) is 2.89. The molecule has 0 radical (unpaired) electrons. The van der Waals surface area contributed by atoms with Crippen molar-refractivity contribution in [2.24, 2.45) is 17.3 Å². The van der Waals surface area contributed by atoms with Crippen molar-refractivity contribution in [2.45, 2.75) is 60.3 Å². The van der Waals surface area contributed by atoms with Gasteiger partial charge in [-0.1, -0.05) is 34.6 Å². The van der Waals surface area contributed by atoms with E-state index in [1.54, 1.807) is 6.92 Å². The number of carboxylic acids is 1. The summed E-state index contributed by atoms with van der Waals surface area (Å²) in [4.78, 5) is 22.3. The Morgan fingerprint density at radius 1 is 1.21 bits per heavy atom. The predicted molar refractivity (Wildman–Crippen MR) is 76.9 cm³/mol. The highest BCUT2D eigenvalue weighted by Gasteiger charge is 2.17. The Hall–Kier alpha value is -1.06. The highest BCUT2D eigenvalue weighted by atomic mass is 16.4. The predicted octanol–water partition coefficient (Wildman–Crippen LogP) is 3.07. The molecule has 0 fully saturated rings. The maximum atomic E-state index is 11.7. The molecule has 0 heterocycles. The highest BCUT2D eigenvalue weighted by molar-refractivity contribution is 5.76. The van der Waals surface area contributed by atoms with E-state index in [1.165, 1.54) is 0 Å². The average Bonchev–Trinajstić information content (AvgIpc) is 2.20. The number of rotatable bonds is 8. The van der Waals surface area contributed by atoms with Crippen molar-refractivity contribution in [1.82, 2.24) is 5.32 Å². The van der Waals surface area contributed by atoms with E-state index < -0.39 is 5.97 Å². The molecular weight excluding hydrogens is 242 g/mol. The lowest BCUT2D eigenvalue weighted by Gasteiger charge is -2.22. The molecular formula is C15H29NO3. The summed E-state index contributed by atoms with van der Waals surface area (Å²) in [5, 5.41) is 11.6. The molecule has 0 aliphatic heterocycles. The van der Waals surface area contributed by atoms with Gasteiger partial charge in [0, 0.05) is 13.0 Å². The van der Waals surface area contributed by atoms with Crippen LogP contribution in [0.5, 0.6) is 0 Å². The summed E-state index contributed by atoms with van der Waals surface area (Å²) < 4.78 is 0. The number of carbonyl (C=O) groups is 2. The molecule has 112 valence electrons. The van der Waals surface area contributed by atoms with Crippen LogP contribution in [0.1, 0.15) is 60.3 Å². The molecule has 0 rings (SSSR count). The minimum Gasteiger partial charge on any atom is -0.481 e. The minimum atomic E-state index is -0.773. The SMILES string of the molecule is CC(CC(=O)NCCCC(C)C(=O)O)CC(C)(C)C. The molecule has 1 amide bonds. The maximum absolute atomic E-state index is 11.7. The number of aliphatic carboxylic acids is 1. The van der Waals surface area contributed by atoms with Crippen LogP contribution in [0.15, 0.2) is 0 Å². The molecule has 0 bridgehead atoms. The van der Waals surface area contributed by atoms with Gasteiger partial charge in [0.05, 0.1) is 5.92 Å². The van der Waals surface area contributed by atoms with E-state index >= 15 is 0 Å². The Bertz CT molecular complexity index is 294. The monoisotopic (exact) mass is 271 g/mol. The topological polar surface area (TPSA) is 66.4 Å². The van der Waals surface area contributed by atoms with Crippen LogP contribution in [-0.2, 0) is 9.59 Å². The minimum absolute atomic E-state index is 0.0692. The molecule has 4 nitrogen and oxygen atoms in total. The lowest BCUT2D eigenvalue weighted by Crippen LogP contribution is -2.27. The first-order chi connectivity index (χ1) is 8.61. The lowest BCUT2D eigenvalue weighted by atomic mass is 9.84. The molecule has 0 aliphatic carbocycles. The number of carbonyl (C=O) groups excluding carboxylic acids is 1. The van der Waals surface area contributed by atoms with Gasteiger partial charge in [-0.25, -0.2) is 0 Å². The molecule has 0 spiro atoms. The van der Waals surface area contributed by atoms with Gasteiger partial charge in [0.1, 0.15) is 0 Å². The fraction of sp³-hybridized carbons (Fsp3) is 0.867. The Morgan fingerprint density at radius 2 is 1.79 bits per heavy atom. The second kappa shape index (κ2) is 8.18. The van der Waals surface area contributed by atoms with Gasteiger partial charge >= 0.3 is 5.97 Å². The van der Waals surface area contributed by atoms with E-state index in [-0.39, 0.29) is 17.2 Å². The smallest absolute Gasteiger partial charge is 0.306 e. The third-order valence-corrected chi connectivity index (χ3v) is 3.05. The molecule has 0 aromatic carbocycles. The molecule has 2 unspecified atom stereocenters. The molecule has 0 aliphatic rings. The largest absolute Gasteiger partial charge is 0.481 e. The van der Waals surface area contributed by atoms with E-state index in [0.717, 1.165) is 6.42 Å². The second-order valence-corrected chi connectivity index (χ2v) is 6.81. The molecule has 2 N–H and O–H groups in total. The van der Waals surface area contributed by atoms with Crippen LogP contribution in [-0.4, -0.2) is 23.5 Å². The van der Waals surface area contributed by atoms with Crippen LogP contribution in [0.2, 0.25) is 0 Å². The molecule has 0 aromatic rings. The van der Waals surface area contributed by atoms with Gasteiger partial charge in [0.2, 0.25) is 5.91 Å². The van der Waals surface area contributed by atoms with Crippen molar-refractivity contribution in [3.8, 4) is 0 Å². The van der Waals surface area contributed by atoms with Crippen LogP contribution < -0.4 is 5.32 Å². The molecule has 2 atom stereocenters. The third-order valence-electron chi connectivity index (χ3n) is 3.05. The quantitative estimate of drug-likeness (QED) is 0.667. The Balaban J connectivity index is 3.73. The van der Waals surface area contributed by atoms with Gasteiger partial charge < -0.3 is 10.4 Å². The van der Waals surface area contributed by atoms with Gasteiger partial charge in [-0.05, 0) is 30.6 Å². The van der Waals surface area contributed by atoms with E-state index in [2.05, 4.69) is 33.0 Å². The molecule has 0 aromatic heterocycles. The van der Waals surface area contributed by atoms with Crippen LogP contribution in [0, 0.1) is 17.3 Å². The fourth-order valence-corrected chi connectivity index (χ4v) is 2.27. The maximum Gasteiger partial charge on any atom is 0.306 e. The van der Waals surface area contributed by atoms with E-state index in [9.17, 15) is 9.59 Å². The zero-order valence-corrected chi connectivity index (χ0v) is 13.0. The zero-order valence-electron chi connectivity index (χ0n) is 13.0. The van der Waals surface area contributed by atoms with Crippen LogP contribution in [0.25, 0.3) is 0 Å². The van der Waals surface area contributed by atoms with Crippen molar-refractivity contribution >= 4 is 11.9 Å². The summed E-state index contributed by atoms with van der Waals surface area (Å²) in [6, 6.07) is 0. The van der Waals surface area contributed by atoms with E-state index in [1.807, 2.05) is 0 Å². The summed E-state index contributed by atoms with van der Waals surface area (Å²) in [6.45, 7) is 10.9. The van der Waals surface area contributed by atoms with Crippen molar-refractivity contribution in [1.29, 1.82) is 0 Å². The van der Waals surface area contributed by atoms with Crippen molar-refractivity contribution in [3.05, 3.63) is 0 Å². The fourth-order valence-electron chi connectivity index (χ4n) is 2.27. The number of hydrogen-bond acceptors (Lipinski definition) is 2. The normalized spacial score (nSPS) is 14.8. The third kappa shape index (κ3) is 10.5. The molecule has 0 saturated carbocycles. The zero-order chi connectivity index (χ0) is 15.1. The first-order valence-electron chi connectivity index (χ1n) is 7.11. The van der Waals surface area contributed by atoms with Gasteiger partial charge in [0.15, 0.2) is 0 Å².